The first kappa shape index (κ1) is 11.0. The fraction of sp³-hybridized carbons (Fsp3) is 0.636. The van der Waals surface area contributed by atoms with Crippen LogP contribution in [0.4, 0.5) is 5.69 Å². The number of methoxy groups -OCH3 is 1. The number of carbonyl (C=O) groups is 1. The van der Waals surface area contributed by atoms with Crippen molar-refractivity contribution in [1.29, 1.82) is 0 Å². The molecule has 1 aromatic heterocycles. The second kappa shape index (κ2) is 4.15. The molecule has 0 aliphatic carbocycles. The molecule has 0 bridgehead atoms. The van der Waals surface area contributed by atoms with Gasteiger partial charge in [-0.2, -0.15) is 5.10 Å². The number of ether oxygens (including phenoxy) is 1. The van der Waals surface area contributed by atoms with E-state index in [9.17, 15) is 4.79 Å². The minimum absolute atomic E-state index is 0.130. The van der Waals surface area contributed by atoms with Gasteiger partial charge in [0.2, 0.25) is 0 Å². The van der Waals surface area contributed by atoms with Gasteiger partial charge in [-0.15, -0.1) is 0 Å². The Balaban J connectivity index is 2.10. The fourth-order valence-electron chi connectivity index (χ4n) is 1.84. The molecule has 5 nitrogen and oxygen atoms in total. The molecule has 1 aromatic rings. The molecular weight excluding hydrogens is 206 g/mol. The third kappa shape index (κ3) is 1.77. The van der Waals surface area contributed by atoms with Crippen molar-refractivity contribution in [2.45, 2.75) is 32.4 Å². The van der Waals surface area contributed by atoms with Crippen LogP contribution in [-0.2, 0) is 9.53 Å². The molecule has 1 aliphatic rings. The van der Waals surface area contributed by atoms with E-state index in [1.165, 1.54) is 7.11 Å². The van der Waals surface area contributed by atoms with Crippen molar-refractivity contribution in [3.8, 4) is 0 Å². The maximum atomic E-state index is 11.4. The van der Waals surface area contributed by atoms with Crippen molar-refractivity contribution < 1.29 is 9.53 Å². The van der Waals surface area contributed by atoms with Crippen LogP contribution in [0.25, 0.3) is 0 Å². The zero-order valence-corrected chi connectivity index (χ0v) is 9.88. The summed E-state index contributed by atoms with van der Waals surface area (Å²) in [7, 11) is 1.43. The van der Waals surface area contributed by atoms with E-state index in [0.29, 0.717) is 6.04 Å². The molecule has 2 heterocycles. The molecule has 0 radical (unpaired) electrons. The van der Waals surface area contributed by atoms with Gasteiger partial charge in [-0.1, -0.05) is 0 Å². The zero-order chi connectivity index (χ0) is 11.7. The van der Waals surface area contributed by atoms with E-state index in [2.05, 4.69) is 18.9 Å². The highest BCUT2D eigenvalue weighted by atomic mass is 16.5. The number of aromatic nitrogens is 2. The van der Waals surface area contributed by atoms with Gasteiger partial charge in [0.05, 0.1) is 19.0 Å². The summed E-state index contributed by atoms with van der Waals surface area (Å²) in [6, 6.07) is 0.210. The Morgan fingerprint density at radius 3 is 2.81 bits per heavy atom. The highest BCUT2D eigenvalue weighted by Gasteiger charge is 2.35. The SMILES string of the molecule is COC(=O)C1CCN1c1cnn(C(C)C)c1. The van der Waals surface area contributed by atoms with Crippen LogP contribution < -0.4 is 4.90 Å². The number of hydrogen-bond acceptors (Lipinski definition) is 4. The number of nitrogens with zero attached hydrogens (tertiary/aromatic N) is 3. The quantitative estimate of drug-likeness (QED) is 0.723. The van der Waals surface area contributed by atoms with Crippen LogP contribution in [-0.4, -0.2) is 35.4 Å². The number of carbonyl (C=O) groups excluding carboxylic acids is 1. The average molecular weight is 223 g/mol. The molecule has 2 rings (SSSR count). The summed E-state index contributed by atoms with van der Waals surface area (Å²) in [6.45, 7) is 5.04. The second-order valence-corrected chi connectivity index (χ2v) is 4.29. The lowest BCUT2D eigenvalue weighted by Gasteiger charge is -2.39. The molecule has 88 valence electrons. The van der Waals surface area contributed by atoms with Crippen molar-refractivity contribution >= 4 is 11.7 Å². The topological polar surface area (TPSA) is 47.4 Å². The smallest absolute Gasteiger partial charge is 0.328 e. The summed E-state index contributed by atoms with van der Waals surface area (Å²) in [6.07, 6.45) is 4.63. The highest BCUT2D eigenvalue weighted by Crippen LogP contribution is 2.27. The Hall–Kier alpha value is -1.52. The van der Waals surface area contributed by atoms with Crippen LogP contribution in [0.5, 0.6) is 0 Å². The predicted molar refractivity (Wildman–Crippen MR) is 60.4 cm³/mol. The zero-order valence-electron chi connectivity index (χ0n) is 9.88. The lowest BCUT2D eigenvalue weighted by molar-refractivity contribution is -0.143. The van der Waals surface area contributed by atoms with Gasteiger partial charge in [0.15, 0.2) is 0 Å². The first-order valence-corrected chi connectivity index (χ1v) is 5.52. The minimum atomic E-state index is -0.163. The minimum Gasteiger partial charge on any atom is -0.467 e. The van der Waals surface area contributed by atoms with Gasteiger partial charge in [0.25, 0.3) is 0 Å². The van der Waals surface area contributed by atoms with Gasteiger partial charge < -0.3 is 9.64 Å². The van der Waals surface area contributed by atoms with Gasteiger partial charge in [-0.3, -0.25) is 4.68 Å². The van der Waals surface area contributed by atoms with Crippen LogP contribution in [0.3, 0.4) is 0 Å². The van der Waals surface area contributed by atoms with Gasteiger partial charge in [0, 0.05) is 18.8 Å². The van der Waals surface area contributed by atoms with Crippen molar-refractivity contribution in [1.82, 2.24) is 9.78 Å². The number of anilines is 1. The van der Waals surface area contributed by atoms with Gasteiger partial charge in [-0.05, 0) is 20.3 Å². The summed E-state index contributed by atoms with van der Waals surface area (Å²) in [4.78, 5) is 13.5. The van der Waals surface area contributed by atoms with E-state index < -0.39 is 0 Å². The van der Waals surface area contributed by atoms with E-state index in [-0.39, 0.29) is 12.0 Å². The Bertz CT molecular complexity index is 386. The van der Waals surface area contributed by atoms with E-state index >= 15 is 0 Å². The summed E-state index contributed by atoms with van der Waals surface area (Å²) in [5, 5.41) is 4.26. The highest BCUT2D eigenvalue weighted by molar-refractivity contribution is 5.81. The number of esters is 1. The fourth-order valence-corrected chi connectivity index (χ4v) is 1.84. The van der Waals surface area contributed by atoms with Crippen molar-refractivity contribution in [3.05, 3.63) is 12.4 Å². The standard InChI is InChI=1S/C11H17N3O2/c1-8(2)14-7-9(6-12-14)13-5-4-10(13)11(15)16-3/h6-8,10H,4-5H2,1-3H3. The van der Waals surface area contributed by atoms with E-state index in [1.807, 2.05) is 15.8 Å². The molecule has 0 saturated carbocycles. The first-order chi connectivity index (χ1) is 7.63. The number of hydrogen-bond donors (Lipinski definition) is 0. The molecule has 0 spiro atoms. The van der Waals surface area contributed by atoms with Crippen molar-refractivity contribution in [3.63, 3.8) is 0 Å². The Morgan fingerprint density at radius 2 is 2.38 bits per heavy atom. The molecule has 1 atom stereocenters. The summed E-state index contributed by atoms with van der Waals surface area (Å²) in [5.74, 6) is -0.163. The molecule has 1 fully saturated rings. The Morgan fingerprint density at radius 1 is 1.62 bits per heavy atom. The first-order valence-electron chi connectivity index (χ1n) is 5.52. The summed E-state index contributed by atoms with van der Waals surface area (Å²) < 4.78 is 6.64. The monoisotopic (exact) mass is 223 g/mol. The molecule has 1 saturated heterocycles. The van der Waals surface area contributed by atoms with E-state index in [4.69, 9.17) is 4.74 Å². The molecule has 1 unspecified atom stereocenters. The molecule has 0 aromatic carbocycles. The molecule has 1 aliphatic heterocycles. The summed E-state index contributed by atoms with van der Waals surface area (Å²) >= 11 is 0. The van der Waals surface area contributed by atoms with E-state index in [0.717, 1.165) is 18.7 Å². The molecular formula is C11H17N3O2. The lowest BCUT2D eigenvalue weighted by atomic mass is 10.0. The Labute approximate surface area is 95.0 Å². The molecule has 0 amide bonds. The third-order valence-corrected chi connectivity index (χ3v) is 2.94. The second-order valence-electron chi connectivity index (χ2n) is 4.29. The van der Waals surface area contributed by atoms with Gasteiger partial charge >= 0.3 is 5.97 Å². The van der Waals surface area contributed by atoms with Crippen molar-refractivity contribution in [2.24, 2.45) is 0 Å². The van der Waals surface area contributed by atoms with Crippen LogP contribution in [0.1, 0.15) is 26.3 Å². The van der Waals surface area contributed by atoms with Crippen molar-refractivity contribution in [2.75, 3.05) is 18.6 Å². The normalized spacial score (nSPS) is 19.8. The summed E-state index contributed by atoms with van der Waals surface area (Å²) in [5.41, 5.74) is 0.996. The Kier molecular flexibility index (Phi) is 2.85. The van der Waals surface area contributed by atoms with Crippen LogP contribution in [0, 0.1) is 0 Å². The lowest BCUT2D eigenvalue weighted by Crippen LogP contribution is -2.53. The predicted octanol–water partition coefficient (Wildman–Crippen LogP) is 1.22. The molecule has 0 N–H and O–H groups in total. The average Bonchev–Trinajstić information content (AvgIpc) is 2.65. The maximum Gasteiger partial charge on any atom is 0.328 e. The third-order valence-electron chi connectivity index (χ3n) is 2.94. The van der Waals surface area contributed by atoms with Gasteiger partial charge in [0.1, 0.15) is 6.04 Å². The largest absolute Gasteiger partial charge is 0.467 e. The molecule has 16 heavy (non-hydrogen) atoms. The maximum absolute atomic E-state index is 11.4. The van der Waals surface area contributed by atoms with Crippen LogP contribution in [0.15, 0.2) is 12.4 Å². The van der Waals surface area contributed by atoms with E-state index in [1.54, 1.807) is 6.20 Å². The van der Waals surface area contributed by atoms with Crippen LogP contribution in [0.2, 0.25) is 0 Å². The van der Waals surface area contributed by atoms with Gasteiger partial charge in [-0.25, -0.2) is 4.79 Å². The van der Waals surface area contributed by atoms with Crippen LogP contribution >= 0.6 is 0 Å². The number of rotatable bonds is 3. The molecule has 5 heteroatoms.